The van der Waals surface area contributed by atoms with Gasteiger partial charge >= 0.3 is 5.97 Å². The molecule has 3 aromatic carbocycles. The van der Waals surface area contributed by atoms with E-state index in [0.717, 1.165) is 18.4 Å². The number of nitrogens with two attached hydrogens (primary N) is 1. The van der Waals surface area contributed by atoms with Gasteiger partial charge in [0, 0.05) is 11.6 Å². The molecule has 1 atom stereocenters. The molecule has 202 valence electrons. The average molecular weight is 531 g/mol. The quantitative estimate of drug-likeness (QED) is 0.210. The van der Waals surface area contributed by atoms with Gasteiger partial charge in [-0.05, 0) is 42.3 Å². The number of ether oxygens (including phenoxy) is 6. The molecule has 0 fully saturated rings. The number of unbranched alkanes of at least 4 members (excludes halogenated alkanes) is 1. The molecule has 2 N–H and O–H groups in total. The summed E-state index contributed by atoms with van der Waals surface area (Å²) < 4.78 is 33.3. The Bertz CT molecular complexity index is 1420. The number of allylic oxidation sites excluding steroid dienone is 1. The first-order valence-corrected chi connectivity index (χ1v) is 12.4. The van der Waals surface area contributed by atoms with Crippen LogP contribution in [0.3, 0.4) is 0 Å². The number of rotatable bonds is 10. The number of fused-ring (bicyclic) bond motifs is 1. The molecule has 0 amide bonds. The van der Waals surface area contributed by atoms with Crippen molar-refractivity contribution in [3.63, 3.8) is 0 Å². The molecule has 0 bridgehead atoms. The number of methoxy groups -OCH3 is 3. The molecule has 3 aromatic rings. The maximum atomic E-state index is 13.0. The number of hydrogen-bond acceptors (Lipinski definition) is 9. The van der Waals surface area contributed by atoms with Crippen LogP contribution >= 0.6 is 0 Å². The maximum absolute atomic E-state index is 13.0. The zero-order valence-corrected chi connectivity index (χ0v) is 22.3. The summed E-state index contributed by atoms with van der Waals surface area (Å²) in [6, 6.07) is 17.7. The van der Waals surface area contributed by atoms with Crippen LogP contribution in [0.4, 0.5) is 0 Å². The van der Waals surface area contributed by atoms with Gasteiger partial charge in [0.1, 0.15) is 28.9 Å². The van der Waals surface area contributed by atoms with E-state index < -0.39 is 11.9 Å². The number of benzene rings is 3. The van der Waals surface area contributed by atoms with Gasteiger partial charge < -0.3 is 34.2 Å². The number of nitriles is 1. The lowest BCUT2D eigenvalue weighted by atomic mass is 9.83. The fourth-order valence-electron chi connectivity index (χ4n) is 4.33. The van der Waals surface area contributed by atoms with E-state index in [0.29, 0.717) is 40.9 Å². The summed E-state index contributed by atoms with van der Waals surface area (Å²) in [6.45, 7) is 2.70. The topological polar surface area (TPSA) is 122 Å². The molecular weight excluding hydrogens is 500 g/mol. The van der Waals surface area contributed by atoms with Crippen molar-refractivity contribution < 1.29 is 33.2 Å². The fourth-order valence-corrected chi connectivity index (χ4v) is 4.33. The van der Waals surface area contributed by atoms with Crippen LogP contribution in [-0.4, -0.2) is 33.9 Å². The zero-order valence-electron chi connectivity index (χ0n) is 22.3. The normalized spacial score (nSPS) is 14.0. The average Bonchev–Trinajstić information content (AvgIpc) is 2.95. The fraction of sp³-hybridized carbons (Fsp3) is 0.267. The largest absolute Gasteiger partial charge is 0.494 e. The molecule has 0 spiro atoms. The SMILES string of the molecule is CCCCOc1cccc(C2C(C#N)=C(N)Oc3cc(OC(=O)c4cc(OC)c(OC)c(OC)c4)ccc32)c1. The molecule has 4 rings (SSSR count). The second-order valence-corrected chi connectivity index (χ2v) is 8.70. The van der Waals surface area contributed by atoms with Crippen LogP contribution in [0.1, 0.15) is 47.2 Å². The second kappa shape index (κ2) is 12.1. The minimum Gasteiger partial charge on any atom is -0.494 e. The van der Waals surface area contributed by atoms with E-state index in [1.54, 1.807) is 18.2 Å². The van der Waals surface area contributed by atoms with Gasteiger partial charge in [0.2, 0.25) is 11.6 Å². The van der Waals surface area contributed by atoms with E-state index in [2.05, 4.69) is 13.0 Å². The molecule has 0 aliphatic carbocycles. The molecule has 1 aliphatic heterocycles. The molecule has 9 nitrogen and oxygen atoms in total. The first kappa shape index (κ1) is 27.2. The van der Waals surface area contributed by atoms with Gasteiger partial charge in [0.05, 0.1) is 39.4 Å². The highest BCUT2D eigenvalue weighted by molar-refractivity contribution is 5.92. The predicted molar refractivity (Wildman–Crippen MR) is 144 cm³/mol. The van der Waals surface area contributed by atoms with Crippen LogP contribution in [0.2, 0.25) is 0 Å². The summed E-state index contributed by atoms with van der Waals surface area (Å²) in [7, 11) is 4.40. The van der Waals surface area contributed by atoms with Gasteiger partial charge in [-0.15, -0.1) is 0 Å². The summed E-state index contributed by atoms with van der Waals surface area (Å²) in [5, 5.41) is 9.89. The Morgan fingerprint density at radius 3 is 2.38 bits per heavy atom. The van der Waals surface area contributed by atoms with Crippen molar-refractivity contribution in [2.45, 2.75) is 25.7 Å². The Balaban J connectivity index is 1.65. The predicted octanol–water partition coefficient (Wildman–Crippen LogP) is 5.33. The van der Waals surface area contributed by atoms with E-state index in [4.69, 9.17) is 34.2 Å². The molecule has 39 heavy (non-hydrogen) atoms. The van der Waals surface area contributed by atoms with Gasteiger partial charge in [0.15, 0.2) is 11.5 Å². The lowest BCUT2D eigenvalue weighted by Gasteiger charge is -2.27. The highest BCUT2D eigenvalue weighted by Gasteiger charge is 2.31. The Labute approximate surface area is 227 Å². The molecule has 0 saturated carbocycles. The first-order valence-electron chi connectivity index (χ1n) is 12.4. The standard InChI is InChI=1S/C30H30N2O7/c1-5-6-12-37-20-9-7-8-18(13-20)27-22-11-10-21(16-24(22)39-29(32)23(27)17-31)38-30(33)19-14-25(34-2)28(36-4)26(15-19)35-3/h7-11,13-16,27H,5-6,12,32H2,1-4H3. The number of esters is 1. The van der Waals surface area contributed by atoms with Gasteiger partial charge in [-0.25, -0.2) is 4.79 Å². The number of carbonyl (C=O) groups excluding carboxylic acids is 1. The molecule has 1 heterocycles. The van der Waals surface area contributed by atoms with E-state index >= 15 is 0 Å². The third-order valence-corrected chi connectivity index (χ3v) is 6.26. The number of carbonyl (C=O) groups is 1. The van der Waals surface area contributed by atoms with E-state index in [9.17, 15) is 10.1 Å². The third-order valence-electron chi connectivity index (χ3n) is 6.26. The van der Waals surface area contributed by atoms with Crippen LogP contribution in [0.5, 0.6) is 34.5 Å². The first-order chi connectivity index (χ1) is 18.9. The van der Waals surface area contributed by atoms with Crippen molar-refractivity contribution in [3.05, 3.63) is 82.7 Å². The van der Waals surface area contributed by atoms with Crippen LogP contribution in [-0.2, 0) is 0 Å². The summed E-state index contributed by atoms with van der Waals surface area (Å²) in [5.74, 6) is 1.20. The van der Waals surface area contributed by atoms with Crippen LogP contribution < -0.4 is 34.2 Å². The number of hydrogen-bond donors (Lipinski definition) is 1. The third kappa shape index (κ3) is 5.70. The summed E-state index contributed by atoms with van der Waals surface area (Å²) in [5.41, 5.74) is 8.18. The summed E-state index contributed by atoms with van der Waals surface area (Å²) in [6.07, 6.45) is 1.97. The van der Waals surface area contributed by atoms with Gasteiger partial charge in [0.25, 0.3) is 0 Å². The Kier molecular flexibility index (Phi) is 8.46. The monoisotopic (exact) mass is 530 g/mol. The van der Waals surface area contributed by atoms with Gasteiger partial charge in [-0.2, -0.15) is 5.26 Å². The molecule has 1 aliphatic rings. The van der Waals surface area contributed by atoms with Crippen molar-refractivity contribution in [2.75, 3.05) is 27.9 Å². The van der Waals surface area contributed by atoms with Crippen molar-refractivity contribution in [1.82, 2.24) is 0 Å². The van der Waals surface area contributed by atoms with Crippen molar-refractivity contribution in [1.29, 1.82) is 5.26 Å². The Hall–Kier alpha value is -4.84. The molecule has 1 unspecified atom stereocenters. The molecular formula is C30H30N2O7. The van der Waals surface area contributed by atoms with E-state index in [1.807, 2.05) is 24.3 Å². The molecule has 0 radical (unpaired) electrons. The van der Waals surface area contributed by atoms with Crippen molar-refractivity contribution in [2.24, 2.45) is 5.73 Å². The highest BCUT2D eigenvalue weighted by atomic mass is 16.5. The molecule has 0 aromatic heterocycles. The lowest BCUT2D eigenvalue weighted by Crippen LogP contribution is -2.21. The van der Waals surface area contributed by atoms with Crippen LogP contribution in [0, 0.1) is 11.3 Å². The van der Waals surface area contributed by atoms with Gasteiger partial charge in [-0.3, -0.25) is 0 Å². The van der Waals surface area contributed by atoms with E-state index in [-0.39, 0.29) is 22.8 Å². The highest BCUT2D eigenvalue weighted by Crippen LogP contribution is 2.44. The van der Waals surface area contributed by atoms with E-state index in [1.165, 1.54) is 33.5 Å². The Morgan fingerprint density at radius 1 is 1.00 bits per heavy atom. The zero-order chi connectivity index (χ0) is 27.9. The second-order valence-electron chi connectivity index (χ2n) is 8.70. The molecule has 9 heteroatoms. The van der Waals surface area contributed by atoms with Gasteiger partial charge in [-0.1, -0.05) is 31.5 Å². The summed E-state index contributed by atoms with van der Waals surface area (Å²) in [4.78, 5) is 13.0. The van der Waals surface area contributed by atoms with Crippen LogP contribution in [0.15, 0.2) is 66.1 Å². The lowest BCUT2D eigenvalue weighted by molar-refractivity contribution is 0.0733. The number of nitrogens with zero attached hydrogens (tertiary/aromatic N) is 1. The maximum Gasteiger partial charge on any atom is 0.343 e. The summed E-state index contributed by atoms with van der Waals surface area (Å²) >= 11 is 0. The Morgan fingerprint density at radius 2 is 1.74 bits per heavy atom. The van der Waals surface area contributed by atoms with Crippen molar-refractivity contribution >= 4 is 5.97 Å². The van der Waals surface area contributed by atoms with Crippen LogP contribution in [0.25, 0.3) is 0 Å². The molecule has 0 saturated heterocycles. The van der Waals surface area contributed by atoms with Crippen molar-refractivity contribution in [3.8, 4) is 40.6 Å². The minimum atomic E-state index is -0.639. The smallest absolute Gasteiger partial charge is 0.343 e. The minimum absolute atomic E-state index is 0.0135.